The number of aromatic hydroxyl groups is 2. The lowest BCUT2D eigenvalue weighted by Gasteiger charge is -2.34. The topological polar surface area (TPSA) is 43.7 Å². The third-order valence-electron chi connectivity index (χ3n) is 4.12. The first-order chi connectivity index (χ1) is 9.63. The van der Waals surface area contributed by atoms with Gasteiger partial charge in [0.1, 0.15) is 11.5 Å². The molecule has 1 heterocycles. The van der Waals surface area contributed by atoms with Gasteiger partial charge in [-0.1, -0.05) is 24.3 Å². The van der Waals surface area contributed by atoms with Gasteiger partial charge in [-0.25, -0.2) is 0 Å². The Kier molecular flexibility index (Phi) is 3.36. The molecule has 0 aromatic heterocycles. The molecule has 2 N–H and O–H groups in total. The molecule has 0 fully saturated rings. The summed E-state index contributed by atoms with van der Waals surface area (Å²) in [6.45, 7) is 4.02. The summed E-state index contributed by atoms with van der Waals surface area (Å²) in [5, 5.41) is 19.2. The van der Waals surface area contributed by atoms with Crippen molar-refractivity contribution in [2.24, 2.45) is 0 Å². The maximum atomic E-state index is 9.62. The van der Waals surface area contributed by atoms with Gasteiger partial charge < -0.3 is 10.2 Å². The first kappa shape index (κ1) is 13.0. The maximum absolute atomic E-state index is 9.62. The van der Waals surface area contributed by atoms with E-state index in [1.54, 1.807) is 12.1 Å². The summed E-state index contributed by atoms with van der Waals surface area (Å²) in [7, 11) is 0. The van der Waals surface area contributed by atoms with Crippen molar-refractivity contribution in [3.63, 3.8) is 0 Å². The Balaban J connectivity index is 1.83. The van der Waals surface area contributed by atoms with E-state index in [0.717, 1.165) is 25.1 Å². The Morgan fingerprint density at radius 3 is 2.35 bits per heavy atom. The predicted molar refractivity (Wildman–Crippen MR) is 78.7 cm³/mol. The predicted octanol–water partition coefficient (Wildman–Crippen LogP) is 3.22. The van der Waals surface area contributed by atoms with E-state index in [9.17, 15) is 10.2 Å². The molecule has 104 valence electrons. The second-order valence-corrected chi connectivity index (χ2v) is 5.45. The van der Waals surface area contributed by atoms with Gasteiger partial charge in [0.15, 0.2) is 0 Å². The van der Waals surface area contributed by atoms with E-state index in [0.29, 0.717) is 0 Å². The summed E-state index contributed by atoms with van der Waals surface area (Å²) < 4.78 is 0. The number of fused-ring (bicyclic) bond motifs is 1. The molecule has 0 radical (unpaired) electrons. The van der Waals surface area contributed by atoms with Crippen LogP contribution in [0, 0.1) is 0 Å². The SMILES string of the molecule is CC(c1cc(O)cc(O)c1)N1CCc2ccccc2C1. The third-order valence-corrected chi connectivity index (χ3v) is 4.12. The number of phenolic OH excluding ortho intramolecular Hbond substituents is 2. The van der Waals surface area contributed by atoms with Gasteiger partial charge in [-0.15, -0.1) is 0 Å². The minimum absolute atomic E-state index is 0.115. The molecular weight excluding hydrogens is 250 g/mol. The zero-order chi connectivity index (χ0) is 14.1. The van der Waals surface area contributed by atoms with Crippen LogP contribution in [0.5, 0.6) is 11.5 Å². The molecule has 0 aliphatic carbocycles. The Labute approximate surface area is 119 Å². The van der Waals surface area contributed by atoms with Crippen molar-refractivity contribution in [2.75, 3.05) is 6.54 Å². The minimum Gasteiger partial charge on any atom is -0.508 e. The van der Waals surface area contributed by atoms with E-state index in [4.69, 9.17) is 0 Å². The quantitative estimate of drug-likeness (QED) is 0.879. The second kappa shape index (κ2) is 5.17. The smallest absolute Gasteiger partial charge is 0.119 e. The highest BCUT2D eigenvalue weighted by Crippen LogP contribution is 2.31. The highest BCUT2D eigenvalue weighted by Gasteiger charge is 2.22. The molecule has 1 aliphatic rings. The lowest BCUT2D eigenvalue weighted by molar-refractivity contribution is 0.191. The third kappa shape index (κ3) is 2.49. The molecule has 0 bridgehead atoms. The van der Waals surface area contributed by atoms with Crippen molar-refractivity contribution in [1.29, 1.82) is 0 Å². The van der Waals surface area contributed by atoms with Gasteiger partial charge >= 0.3 is 0 Å². The molecular formula is C17H19NO2. The lowest BCUT2D eigenvalue weighted by atomic mass is 9.97. The van der Waals surface area contributed by atoms with Crippen LogP contribution in [-0.2, 0) is 13.0 Å². The van der Waals surface area contributed by atoms with Gasteiger partial charge in [-0.05, 0) is 42.2 Å². The van der Waals surface area contributed by atoms with Gasteiger partial charge in [-0.2, -0.15) is 0 Å². The highest BCUT2D eigenvalue weighted by molar-refractivity contribution is 5.38. The fourth-order valence-electron chi connectivity index (χ4n) is 2.92. The highest BCUT2D eigenvalue weighted by atomic mass is 16.3. The second-order valence-electron chi connectivity index (χ2n) is 5.45. The zero-order valence-corrected chi connectivity index (χ0v) is 11.6. The first-order valence-electron chi connectivity index (χ1n) is 6.97. The molecule has 0 saturated carbocycles. The molecule has 3 heteroatoms. The average Bonchev–Trinajstić information content (AvgIpc) is 2.45. The van der Waals surface area contributed by atoms with E-state index in [1.165, 1.54) is 17.2 Å². The number of benzene rings is 2. The molecule has 20 heavy (non-hydrogen) atoms. The van der Waals surface area contributed by atoms with Crippen LogP contribution < -0.4 is 0 Å². The van der Waals surface area contributed by atoms with Crippen LogP contribution in [-0.4, -0.2) is 21.7 Å². The van der Waals surface area contributed by atoms with E-state index in [-0.39, 0.29) is 17.5 Å². The number of nitrogens with zero attached hydrogens (tertiary/aromatic N) is 1. The number of rotatable bonds is 2. The van der Waals surface area contributed by atoms with Gasteiger partial charge in [0.05, 0.1) is 0 Å². The van der Waals surface area contributed by atoms with Crippen molar-refractivity contribution in [1.82, 2.24) is 4.90 Å². The standard InChI is InChI=1S/C17H19NO2/c1-12(15-8-16(19)10-17(20)9-15)18-7-6-13-4-2-3-5-14(13)11-18/h2-5,8-10,12,19-20H,6-7,11H2,1H3. The van der Waals surface area contributed by atoms with E-state index in [2.05, 4.69) is 36.1 Å². The average molecular weight is 269 g/mol. The van der Waals surface area contributed by atoms with Crippen LogP contribution in [0.4, 0.5) is 0 Å². The summed E-state index contributed by atoms with van der Waals surface area (Å²) in [6, 6.07) is 13.5. The number of hydrogen-bond acceptors (Lipinski definition) is 3. The van der Waals surface area contributed by atoms with Crippen LogP contribution in [0.3, 0.4) is 0 Å². The van der Waals surface area contributed by atoms with Crippen molar-refractivity contribution in [3.8, 4) is 11.5 Å². The Morgan fingerprint density at radius 2 is 1.65 bits per heavy atom. The van der Waals surface area contributed by atoms with Crippen LogP contribution in [0.2, 0.25) is 0 Å². The van der Waals surface area contributed by atoms with E-state index in [1.807, 2.05) is 0 Å². The Bertz CT molecular complexity index is 604. The van der Waals surface area contributed by atoms with Crippen molar-refractivity contribution in [3.05, 3.63) is 59.2 Å². The molecule has 0 saturated heterocycles. The van der Waals surface area contributed by atoms with Crippen molar-refractivity contribution in [2.45, 2.75) is 25.9 Å². The monoisotopic (exact) mass is 269 g/mol. The number of hydrogen-bond donors (Lipinski definition) is 2. The minimum atomic E-state index is 0.115. The van der Waals surface area contributed by atoms with Crippen LogP contribution in [0.1, 0.15) is 29.7 Å². The van der Waals surface area contributed by atoms with Crippen LogP contribution in [0.15, 0.2) is 42.5 Å². The zero-order valence-electron chi connectivity index (χ0n) is 11.6. The van der Waals surface area contributed by atoms with Crippen LogP contribution in [0.25, 0.3) is 0 Å². The van der Waals surface area contributed by atoms with Gasteiger partial charge in [0, 0.05) is 25.2 Å². The van der Waals surface area contributed by atoms with Gasteiger partial charge in [0.25, 0.3) is 0 Å². The molecule has 1 aliphatic heterocycles. The molecule has 2 aromatic rings. The molecule has 0 spiro atoms. The fraction of sp³-hybridized carbons (Fsp3) is 0.294. The van der Waals surface area contributed by atoms with Crippen molar-refractivity contribution >= 4 is 0 Å². The van der Waals surface area contributed by atoms with Crippen LogP contribution >= 0.6 is 0 Å². The lowest BCUT2D eigenvalue weighted by Crippen LogP contribution is -2.32. The van der Waals surface area contributed by atoms with Crippen molar-refractivity contribution < 1.29 is 10.2 Å². The largest absolute Gasteiger partial charge is 0.508 e. The van der Waals surface area contributed by atoms with E-state index >= 15 is 0 Å². The fourth-order valence-corrected chi connectivity index (χ4v) is 2.92. The molecule has 2 aromatic carbocycles. The summed E-state index contributed by atoms with van der Waals surface area (Å²) >= 11 is 0. The molecule has 1 atom stereocenters. The Morgan fingerprint density at radius 1 is 1.00 bits per heavy atom. The Hall–Kier alpha value is -2.00. The summed E-state index contributed by atoms with van der Waals surface area (Å²) in [5.41, 5.74) is 3.74. The van der Waals surface area contributed by atoms with E-state index < -0.39 is 0 Å². The molecule has 0 amide bonds. The summed E-state index contributed by atoms with van der Waals surface area (Å²) in [4.78, 5) is 2.37. The first-order valence-corrected chi connectivity index (χ1v) is 6.97. The molecule has 3 rings (SSSR count). The number of phenols is 2. The maximum Gasteiger partial charge on any atom is 0.119 e. The molecule has 3 nitrogen and oxygen atoms in total. The van der Waals surface area contributed by atoms with Gasteiger partial charge in [0.2, 0.25) is 0 Å². The summed E-state index contributed by atoms with van der Waals surface area (Å²) in [5.74, 6) is 0.230. The van der Waals surface area contributed by atoms with Gasteiger partial charge in [-0.3, -0.25) is 4.90 Å². The summed E-state index contributed by atoms with van der Waals surface area (Å²) in [6.07, 6.45) is 1.05. The normalized spacial score (nSPS) is 16.6. The molecule has 1 unspecified atom stereocenters.